The minimum Gasteiger partial charge on any atom is -0.394 e. The summed E-state index contributed by atoms with van der Waals surface area (Å²) in [5.74, 6) is -0.630. The predicted molar refractivity (Wildman–Crippen MR) is 199 cm³/mol. The molecular formula is C40H75NO9. The maximum atomic E-state index is 12.9. The summed E-state index contributed by atoms with van der Waals surface area (Å²) >= 11 is 0. The van der Waals surface area contributed by atoms with Crippen molar-refractivity contribution in [2.45, 2.75) is 210 Å². The minimum absolute atomic E-state index is 0.306. The van der Waals surface area contributed by atoms with Crippen LogP contribution in [0.5, 0.6) is 0 Å². The van der Waals surface area contributed by atoms with Crippen LogP contribution in [0, 0.1) is 0 Å². The summed E-state index contributed by atoms with van der Waals surface area (Å²) in [6.45, 7) is 3.46. The highest BCUT2D eigenvalue weighted by molar-refractivity contribution is 5.80. The van der Waals surface area contributed by atoms with Crippen molar-refractivity contribution in [2.75, 3.05) is 13.2 Å². The first-order valence-electron chi connectivity index (χ1n) is 20.2. The van der Waals surface area contributed by atoms with Crippen LogP contribution in [0.3, 0.4) is 0 Å². The molecule has 0 unspecified atom stereocenters. The second kappa shape index (κ2) is 31.2. The number of carbonyl (C=O) groups is 1. The van der Waals surface area contributed by atoms with Gasteiger partial charge in [0, 0.05) is 0 Å². The third kappa shape index (κ3) is 21.9. The Labute approximate surface area is 303 Å². The molecule has 1 rings (SSSR count). The first-order valence-corrected chi connectivity index (χ1v) is 20.2. The average Bonchev–Trinajstić information content (AvgIpc) is 3.11. The topological polar surface area (TPSA) is 169 Å². The van der Waals surface area contributed by atoms with Crippen molar-refractivity contribution >= 4 is 5.91 Å². The smallest absolute Gasteiger partial charge is 0.249 e. The van der Waals surface area contributed by atoms with Gasteiger partial charge in [-0.3, -0.25) is 4.79 Å². The molecule has 50 heavy (non-hydrogen) atoms. The number of rotatable bonds is 32. The van der Waals surface area contributed by atoms with Crippen molar-refractivity contribution in [3.63, 3.8) is 0 Å². The molecule has 10 nitrogen and oxygen atoms in total. The fourth-order valence-electron chi connectivity index (χ4n) is 6.24. The zero-order chi connectivity index (χ0) is 36.8. The molecule has 1 heterocycles. The van der Waals surface area contributed by atoms with Crippen molar-refractivity contribution in [2.24, 2.45) is 0 Å². The molecule has 10 heteroatoms. The molecule has 0 aromatic heterocycles. The van der Waals surface area contributed by atoms with Crippen molar-refractivity contribution < 1.29 is 44.9 Å². The van der Waals surface area contributed by atoms with Gasteiger partial charge in [0.25, 0.3) is 0 Å². The molecule has 1 amide bonds. The summed E-state index contributed by atoms with van der Waals surface area (Å²) in [6.07, 6.45) is 24.5. The summed E-state index contributed by atoms with van der Waals surface area (Å²) in [4.78, 5) is 12.9. The van der Waals surface area contributed by atoms with Crippen molar-refractivity contribution in [1.82, 2.24) is 5.32 Å². The van der Waals surface area contributed by atoms with Gasteiger partial charge in [-0.2, -0.15) is 0 Å². The summed E-state index contributed by atoms with van der Waals surface area (Å²) in [6, 6.07) is -0.989. The van der Waals surface area contributed by atoms with E-state index in [2.05, 4.69) is 31.3 Å². The number of carbonyl (C=O) groups excluding carboxylic acids is 1. The molecule has 0 saturated carbocycles. The Kier molecular flexibility index (Phi) is 29.1. The Bertz CT molecular complexity index is 855. The van der Waals surface area contributed by atoms with Crippen LogP contribution in [-0.2, 0) is 14.3 Å². The lowest BCUT2D eigenvalue weighted by molar-refractivity contribution is -0.302. The van der Waals surface area contributed by atoms with E-state index in [4.69, 9.17) is 9.47 Å². The monoisotopic (exact) mass is 714 g/mol. The number of allylic oxidation sites excluding steroid dienone is 3. The molecule has 1 aliphatic heterocycles. The third-order valence-electron chi connectivity index (χ3n) is 9.62. The number of aliphatic hydroxyl groups is 6. The van der Waals surface area contributed by atoms with Crippen LogP contribution in [0.2, 0.25) is 0 Å². The minimum atomic E-state index is -1.61. The molecular weight excluding hydrogens is 638 g/mol. The van der Waals surface area contributed by atoms with Gasteiger partial charge in [0.05, 0.1) is 25.4 Å². The average molecular weight is 714 g/mol. The summed E-state index contributed by atoms with van der Waals surface area (Å²) < 4.78 is 11.0. The fourth-order valence-corrected chi connectivity index (χ4v) is 6.24. The summed E-state index contributed by atoms with van der Waals surface area (Å²) in [5.41, 5.74) is 0. The highest BCUT2D eigenvalue weighted by Crippen LogP contribution is 2.22. The Morgan fingerprint density at radius 1 is 0.680 bits per heavy atom. The van der Waals surface area contributed by atoms with Crippen LogP contribution in [-0.4, -0.2) is 98.7 Å². The van der Waals surface area contributed by atoms with E-state index < -0.39 is 61.5 Å². The Morgan fingerprint density at radius 3 is 1.70 bits per heavy atom. The zero-order valence-corrected chi connectivity index (χ0v) is 31.5. The predicted octanol–water partition coefficient (Wildman–Crippen LogP) is 6.13. The van der Waals surface area contributed by atoms with E-state index in [1.807, 2.05) is 6.08 Å². The number of ether oxygens (including phenoxy) is 2. The van der Waals surface area contributed by atoms with Gasteiger partial charge >= 0.3 is 0 Å². The molecule has 7 N–H and O–H groups in total. The van der Waals surface area contributed by atoms with Gasteiger partial charge in [0.2, 0.25) is 5.91 Å². The molecule has 1 saturated heterocycles. The lowest BCUT2D eigenvalue weighted by Crippen LogP contribution is -2.60. The van der Waals surface area contributed by atoms with E-state index in [1.54, 1.807) is 6.08 Å². The first kappa shape index (κ1) is 46.7. The number of aliphatic hydroxyl groups excluding tert-OH is 6. The van der Waals surface area contributed by atoms with E-state index in [-0.39, 0.29) is 6.61 Å². The first-order chi connectivity index (χ1) is 24.3. The van der Waals surface area contributed by atoms with E-state index in [9.17, 15) is 35.4 Å². The lowest BCUT2D eigenvalue weighted by atomic mass is 9.99. The van der Waals surface area contributed by atoms with Crippen LogP contribution in [0.1, 0.15) is 162 Å². The van der Waals surface area contributed by atoms with Crippen LogP contribution in [0.4, 0.5) is 0 Å². The fraction of sp³-hybridized carbons (Fsp3) is 0.875. The molecule has 294 valence electrons. The van der Waals surface area contributed by atoms with Crippen LogP contribution < -0.4 is 5.32 Å². The maximum Gasteiger partial charge on any atom is 0.249 e. The van der Waals surface area contributed by atoms with Gasteiger partial charge in [-0.1, -0.05) is 160 Å². The van der Waals surface area contributed by atoms with Gasteiger partial charge in [-0.15, -0.1) is 0 Å². The quantitative estimate of drug-likeness (QED) is 0.0320. The van der Waals surface area contributed by atoms with Crippen molar-refractivity contribution in [3.05, 3.63) is 24.3 Å². The van der Waals surface area contributed by atoms with Crippen molar-refractivity contribution in [1.29, 1.82) is 0 Å². The standard InChI is InChI=1S/C40H75NO9/c1-3-5-7-9-11-12-13-14-15-16-17-18-19-20-21-23-25-27-29-34(44)39(48)41-32(33(43)28-26-24-22-10-8-6-4-2)31-49-40-38(47)37(46)36(45)35(30-42)50-40/h8,10,26,28,32-38,40,42-47H,3-7,9,11-25,27,29-31H2,1-2H3,(H,41,48)/b10-8+,28-26+/t32-,33+,34+,35+,36+,37-,38+,40+/m0/s1. The van der Waals surface area contributed by atoms with E-state index >= 15 is 0 Å². The third-order valence-corrected chi connectivity index (χ3v) is 9.62. The molecule has 1 fully saturated rings. The number of hydrogen-bond donors (Lipinski definition) is 7. The van der Waals surface area contributed by atoms with E-state index in [1.165, 1.54) is 89.9 Å². The maximum absolute atomic E-state index is 12.9. The van der Waals surface area contributed by atoms with E-state index in [0.29, 0.717) is 19.3 Å². The Hall–Kier alpha value is -1.37. The zero-order valence-electron chi connectivity index (χ0n) is 31.5. The molecule has 1 aliphatic rings. The highest BCUT2D eigenvalue weighted by atomic mass is 16.7. The van der Waals surface area contributed by atoms with Crippen LogP contribution in [0.25, 0.3) is 0 Å². The second-order valence-corrected chi connectivity index (χ2v) is 14.2. The largest absolute Gasteiger partial charge is 0.394 e. The normalized spacial score (nSPS) is 23.1. The molecule has 0 aromatic rings. The Morgan fingerprint density at radius 2 is 1.18 bits per heavy atom. The van der Waals surface area contributed by atoms with Crippen LogP contribution in [0.15, 0.2) is 24.3 Å². The molecule has 0 spiro atoms. The van der Waals surface area contributed by atoms with Gasteiger partial charge in [-0.25, -0.2) is 0 Å². The Balaban J connectivity index is 2.37. The number of unbranched alkanes of at least 4 members (excludes halogenated alkanes) is 19. The van der Waals surface area contributed by atoms with E-state index in [0.717, 1.165) is 38.5 Å². The van der Waals surface area contributed by atoms with Gasteiger partial charge in [-0.05, 0) is 25.7 Å². The molecule has 0 aromatic carbocycles. The van der Waals surface area contributed by atoms with Gasteiger partial charge < -0.3 is 45.4 Å². The number of amides is 1. The van der Waals surface area contributed by atoms with Crippen molar-refractivity contribution in [3.8, 4) is 0 Å². The molecule has 8 atom stereocenters. The highest BCUT2D eigenvalue weighted by Gasteiger charge is 2.44. The lowest BCUT2D eigenvalue weighted by Gasteiger charge is -2.40. The number of hydrogen-bond acceptors (Lipinski definition) is 9. The number of nitrogens with one attached hydrogen (secondary N) is 1. The molecule has 0 radical (unpaired) electrons. The van der Waals surface area contributed by atoms with Gasteiger partial charge in [0.1, 0.15) is 30.5 Å². The molecule has 0 bridgehead atoms. The SMILES string of the molecule is CCC/C=C/CC/C=C/[C@@H](O)[C@H](CO[C@@H]1O[C@H](CO)[C@@H](O)[C@H](O)[C@H]1O)NC(=O)[C@H](O)CCCCCCCCCCCCCCCCCCCC. The summed E-state index contributed by atoms with van der Waals surface area (Å²) in [5, 5.41) is 64.1. The van der Waals surface area contributed by atoms with Crippen LogP contribution >= 0.6 is 0 Å². The van der Waals surface area contributed by atoms with Gasteiger partial charge in [0.15, 0.2) is 6.29 Å². The molecule has 0 aliphatic carbocycles. The summed E-state index contributed by atoms with van der Waals surface area (Å²) in [7, 11) is 0. The second-order valence-electron chi connectivity index (χ2n) is 14.2.